The fourth-order valence-electron chi connectivity index (χ4n) is 1.94. The zero-order chi connectivity index (χ0) is 13.4. The van der Waals surface area contributed by atoms with E-state index in [1.54, 1.807) is 18.3 Å². The minimum atomic E-state index is 0.580. The third-order valence-corrected chi connectivity index (χ3v) is 3.55. The molecule has 0 amide bonds. The van der Waals surface area contributed by atoms with Crippen molar-refractivity contribution >= 4 is 21.6 Å². The van der Waals surface area contributed by atoms with Crippen molar-refractivity contribution in [1.82, 2.24) is 14.6 Å². The number of hydrogen-bond acceptors (Lipinski definition) is 3. The van der Waals surface area contributed by atoms with Crippen molar-refractivity contribution in [3.63, 3.8) is 0 Å². The van der Waals surface area contributed by atoms with E-state index in [1.165, 1.54) is 5.56 Å². The average Bonchev–Trinajstić information content (AvgIpc) is 2.81. The SMILES string of the molecule is Cc1ccc(-c2nnc3ccc(C#N)cn23)c(Br)c1. The summed E-state index contributed by atoms with van der Waals surface area (Å²) < 4.78 is 2.79. The quantitative estimate of drug-likeness (QED) is 0.692. The van der Waals surface area contributed by atoms with E-state index in [0.717, 1.165) is 21.5 Å². The molecule has 0 atom stereocenters. The van der Waals surface area contributed by atoms with Gasteiger partial charge in [0.2, 0.25) is 0 Å². The summed E-state index contributed by atoms with van der Waals surface area (Å²) in [6.07, 6.45) is 1.75. The zero-order valence-electron chi connectivity index (χ0n) is 10.1. The van der Waals surface area contributed by atoms with Crippen molar-refractivity contribution in [2.75, 3.05) is 0 Å². The predicted molar refractivity (Wildman–Crippen MR) is 75.6 cm³/mol. The molecule has 0 unspecified atom stereocenters. The number of rotatable bonds is 1. The largest absolute Gasteiger partial charge is 0.281 e. The number of fused-ring (bicyclic) bond motifs is 1. The van der Waals surface area contributed by atoms with Gasteiger partial charge < -0.3 is 0 Å². The van der Waals surface area contributed by atoms with Crippen molar-refractivity contribution < 1.29 is 0 Å². The van der Waals surface area contributed by atoms with Crippen LogP contribution in [0.3, 0.4) is 0 Å². The Kier molecular flexibility index (Phi) is 2.80. The standard InChI is InChI=1S/C14H9BrN4/c1-9-2-4-11(12(15)6-9)14-18-17-13-5-3-10(7-16)8-19(13)14/h2-6,8H,1H3. The van der Waals surface area contributed by atoms with Crippen LogP contribution in [0.15, 0.2) is 41.0 Å². The Bertz CT molecular complexity index is 814. The number of aromatic nitrogens is 3. The maximum atomic E-state index is 8.97. The first-order valence-corrected chi connectivity index (χ1v) is 6.50. The summed E-state index contributed by atoms with van der Waals surface area (Å²) in [6, 6.07) is 11.7. The number of aryl methyl sites for hydroxylation is 1. The number of benzene rings is 1. The highest BCUT2D eigenvalue weighted by molar-refractivity contribution is 9.10. The fraction of sp³-hybridized carbons (Fsp3) is 0.0714. The lowest BCUT2D eigenvalue weighted by molar-refractivity contribution is 1.11. The van der Waals surface area contributed by atoms with Gasteiger partial charge in [0.25, 0.3) is 0 Å². The Labute approximate surface area is 118 Å². The molecule has 5 heteroatoms. The molecular formula is C14H9BrN4. The molecule has 0 bridgehead atoms. The first kappa shape index (κ1) is 11.9. The molecule has 0 saturated carbocycles. The summed E-state index contributed by atoms with van der Waals surface area (Å²) in [4.78, 5) is 0. The number of pyridine rings is 1. The molecule has 0 aliphatic carbocycles. The minimum Gasteiger partial charge on any atom is -0.281 e. The van der Waals surface area contributed by atoms with Crippen LogP contribution < -0.4 is 0 Å². The van der Waals surface area contributed by atoms with Crippen LogP contribution in [0.25, 0.3) is 17.0 Å². The summed E-state index contributed by atoms with van der Waals surface area (Å²) in [5.74, 6) is 0.721. The summed E-state index contributed by atoms with van der Waals surface area (Å²) in [7, 11) is 0. The second-order valence-corrected chi connectivity index (χ2v) is 5.12. The van der Waals surface area contributed by atoms with E-state index in [2.05, 4.69) is 32.2 Å². The van der Waals surface area contributed by atoms with Crippen molar-refractivity contribution in [2.24, 2.45) is 0 Å². The van der Waals surface area contributed by atoms with Gasteiger partial charge in [-0.3, -0.25) is 4.40 Å². The number of nitriles is 1. The van der Waals surface area contributed by atoms with Gasteiger partial charge in [-0.05, 0) is 36.8 Å². The van der Waals surface area contributed by atoms with Gasteiger partial charge in [0.15, 0.2) is 11.5 Å². The molecule has 0 radical (unpaired) electrons. The second kappa shape index (κ2) is 4.48. The Hall–Kier alpha value is -2.19. The van der Waals surface area contributed by atoms with Crippen LogP contribution in [0, 0.1) is 18.3 Å². The van der Waals surface area contributed by atoms with Gasteiger partial charge >= 0.3 is 0 Å². The molecule has 1 aromatic carbocycles. The van der Waals surface area contributed by atoms with E-state index in [4.69, 9.17) is 5.26 Å². The van der Waals surface area contributed by atoms with Crippen molar-refractivity contribution in [2.45, 2.75) is 6.92 Å². The molecule has 0 spiro atoms. The second-order valence-electron chi connectivity index (χ2n) is 4.26. The van der Waals surface area contributed by atoms with Crippen molar-refractivity contribution in [1.29, 1.82) is 5.26 Å². The van der Waals surface area contributed by atoms with E-state index >= 15 is 0 Å². The van der Waals surface area contributed by atoms with E-state index in [1.807, 2.05) is 29.5 Å². The van der Waals surface area contributed by atoms with Crippen LogP contribution >= 0.6 is 15.9 Å². The number of halogens is 1. The molecule has 0 fully saturated rings. The normalized spacial score (nSPS) is 10.6. The summed E-state index contributed by atoms with van der Waals surface area (Å²) in [6.45, 7) is 2.03. The highest BCUT2D eigenvalue weighted by atomic mass is 79.9. The smallest absolute Gasteiger partial charge is 0.169 e. The summed E-state index contributed by atoms with van der Waals surface area (Å²) >= 11 is 3.54. The highest BCUT2D eigenvalue weighted by Crippen LogP contribution is 2.28. The molecule has 0 N–H and O–H groups in total. The zero-order valence-corrected chi connectivity index (χ0v) is 11.7. The van der Waals surface area contributed by atoms with Gasteiger partial charge in [-0.15, -0.1) is 10.2 Å². The third-order valence-electron chi connectivity index (χ3n) is 2.90. The van der Waals surface area contributed by atoms with Gasteiger partial charge in [0.1, 0.15) is 6.07 Å². The third kappa shape index (κ3) is 2.00. The molecule has 4 nitrogen and oxygen atoms in total. The van der Waals surface area contributed by atoms with Crippen molar-refractivity contribution in [3.05, 3.63) is 52.1 Å². The lowest BCUT2D eigenvalue weighted by atomic mass is 10.1. The lowest BCUT2D eigenvalue weighted by Gasteiger charge is -2.04. The fourth-order valence-corrected chi connectivity index (χ4v) is 2.61. The highest BCUT2D eigenvalue weighted by Gasteiger charge is 2.11. The first-order valence-electron chi connectivity index (χ1n) is 5.70. The monoisotopic (exact) mass is 312 g/mol. The van der Waals surface area contributed by atoms with E-state index in [0.29, 0.717) is 5.56 Å². The van der Waals surface area contributed by atoms with Crippen LogP contribution in [0.2, 0.25) is 0 Å². The maximum absolute atomic E-state index is 8.97. The molecule has 92 valence electrons. The Morgan fingerprint density at radius 3 is 2.79 bits per heavy atom. The molecule has 3 aromatic rings. The van der Waals surface area contributed by atoms with Gasteiger partial charge in [-0.1, -0.05) is 22.0 Å². The Morgan fingerprint density at radius 1 is 1.21 bits per heavy atom. The maximum Gasteiger partial charge on any atom is 0.169 e. The van der Waals surface area contributed by atoms with Crippen LogP contribution in [-0.2, 0) is 0 Å². The van der Waals surface area contributed by atoms with Gasteiger partial charge in [-0.2, -0.15) is 5.26 Å². The van der Waals surface area contributed by atoms with E-state index in [9.17, 15) is 0 Å². The molecule has 19 heavy (non-hydrogen) atoms. The number of hydrogen-bond donors (Lipinski definition) is 0. The van der Waals surface area contributed by atoms with Crippen molar-refractivity contribution in [3.8, 4) is 17.5 Å². The van der Waals surface area contributed by atoms with Crippen LogP contribution in [0.1, 0.15) is 11.1 Å². The Balaban J connectivity index is 2.28. The summed E-state index contributed by atoms with van der Waals surface area (Å²) in [5, 5.41) is 17.3. The molecule has 0 aliphatic heterocycles. The van der Waals surface area contributed by atoms with Crippen LogP contribution in [-0.4, -0.2) is 14.6 Å². The molecule has 0 aliphatic rings. The number of nitrogens with zero attached hydrogens (tertiary/aromatic N) is 4. The van der Waals surface area contributed by atoms with Gasteiger partial charge in [0.05, 0.1) is 5.56 Å². The molecule has 0 saturated heterocycles. The predicted octanol–water partition coefficient (Wildman–Crippen LogP) is 3.34. The molecular weight excluding hydrogens is 304 g/mol. The van der Waals surface area contributed by atoms with Crippen LogP contribution in [0.4, 0.5) is 0 Å². The molecule has 3 rings (SSSR count). The minimum absolute atomic E-state index is 0.580. The first-order chi connectivity index (χ1) is 9.19. The topological polar surface area (TPSA) is 54.0 Å². The molecule has 2 heterocycles. The average molecular weight is 313 g/mol. The van der Waals surface area contributed by atoms with Crippen LogP contribution in [0.5, 0.6) is 0 Å². The molecule has 2 aromatic heterocycles. The van der Waals surface area contributed by atoms with E-state index < -0.39 is 0 Å². The van der Waals surface area contributed by atoms with Gasteiger partial charge in [0, 0.05) is 16.2 Å². The lowest BCUT2D eigenvalue weighted by Crippen LogP contribution is -1.92. The van der Waals surface area contributed by atoms with Gasteiger partial charge in [-0.25, -0.2) is 0 Å². The summed E-state index contributed by atoms with van der Waals surface area (Å²) in [5.41, 5.74) is 3.42. The van der Waals surface area contributed by atoms with E-state index in [-0.39, 0.29) is 0 Å². The Morgan fingerprint density at radius 2 is 2.05 bits per heavy atom.